The van der Waals surface area contributed by atoms with Crippen molar-refractivity contribution >= 4 is 63.7 Å². The van der Waals surface area contributed by atoms with Crippen molar-refractivity contribution in [3.05, 3.63) is 200 Å². The van der Waals surface area contributed by atoms with Gasteiger partial charge in [0.15, 0.2) is 0 Å². The average Bonchev–Trinajstić information content (AvgIpc) is 3.74. The van der Waals surface area contributed by atoms with Crippen LogP contribution in [0.2, 0.25) is 0 Å². The van der Waals surface area contributed by atoms with Gasteiger partial charge in [-0.25, -0.2) is 10.0 Å². The molecule has 2 aromatic heterocycles. The fourth-order valence-electron chi connectivity index (χ4n) is 8.49. The Hall–Kier alpha value is -5.94. The maximum Gasteiger partial charge on any atom is 0.0542 e. The van der Waals surface area contributed by atoms with Crippen molar-refractivity contribution in [2.45, 2.75) is 24.5 Å². The van der Waals surface area contributed by atoms with E-state index >= 15 is 0 Å². The van der Waals surface area contributed by atoms with Crippen LogP contribution in [0.4, 0.5) is 0 Å². The van der Waals surface area contributed by atoms with Gasteiger partial charge in [0.05, 0.1) is 22.1 Å². The second-order valence-electron chi connectivity index (χ2n) is 15.0. The lowest BCUT2D eigenvalue weighted by Crippen LogP contribution is -2.06. The molecule has 0 spiro atoms. The molecule has 0 atom stereocenters. The molecule has 0 bridgehead atoms. The van der Waals surface area contributed by atoms with Crippen LogP contribution >= 0.6 is 20.1 Å². The number of benzene rings is 8. The first-order valence-corrected chi connectivity index (χ1v) is 23.3. The summed E-state index contributed by atoms with van der Waals surface area (Å²) in [6.07, 6.45) is 7.17. The summed E-state index contributed by atoms with van der Waals surface area (Å²) in [5, 5.41) is 5.10. The van der Waals surface area contributed by atoms with Crippen LogP contribution in [0.3, 0.4) is 0 Å². The molecule has 0 aliphatic carbocycles. The van der Waals surface area contributed by atoms with Crippen molar-refractivity contribution < 1.29 is 0 Å². The molecule has 10 aromatic rings. The minimum absolute atomic E-state index is 0.958. The van der Waals surface area contributed by atoms with Gasteiger partial charge in [0.25, 0.3) is 0 Å². The summed E-state index contributed by atoms with van der Waals surface area (Å²) in [7, 11) is -2.81. The van der Waals surface area contributed by atoms with E-state index in [9.17, 15) is 0 Å². The van der Waals surface area contributed by atoms with Crippen molar-refractivity contribution in [2.75, 3.05) is 18.8 Å². The van der Waals surface area contributed by atoms with Gasteiger partial charge in [-0.05, 0) is 127 Å². The normalized spacial score (nSPS) is 12.9. The molecule has 0 unspecified atom stereocenters. The predicted octanol–water partition coefficient (Wildman–Crippen LogP) is 14.3. The Kier molecular flexibility index (Phi) is 8.02. The van der Waals surface area contributed by atoms with Crippen LogP contribution in [0.1, 0.15) is 0 Å². The zero-order chi connectivity index (χ0) is 37.1. The molecule has 0 amide bonds. The molecule has 0 fully saturated rings. The quantitative estimate of drug-likeness (QED) is 0.154. The van der Waals surface area contributed by atoms with Gasteiger partial charge in [0.2, 0.25) is 0 Å². The molecule has 268 valence electrons. The number of aromatic nitrogens is 2. The number of hydrogen-bond acceptors (Lipinski definition) is 0. The monoisotopic (exact) mass is 746 g/mol. The smallest absolute Gasteiger partial charge is 0.0542 e. The van der Waals surface area contributed by atoms with Gasteiger partial charge in [0.1, 0.15) is 0 Å². The van der Waals surface area contributed by atoms with E-state index in [1.165, 1.54) is 73.8 Å². The standard InChI is InChI=1S/C51H42N2S2/c1-54(2,3)42-31-33-51-47(36-42)46-35-38(53-48-28-15-13-26-44(48)45-27-14-16-29-49(45)53)30-32-50(46)52(51)37-18-17-25-43(34-37)55(39-19-7-4-8-20-39,40-21-9-5-10-22-40)41-23-11-6-12-24-41/h4-36H,1-3H3. The topological polar surface area (TPSA) is 9.86 Å². The molecule has 2 nitrogen and oxygen atoms in total. The van der Waals surface area contributed by atoms with Gasteiger partial charge in [0, 0.05) is 52.5 Å². The Bertz CT molecular complexity index is 2860. The van der Waals surface area contributed by atoms with Gasteiger partial charge >= 0.3 is 0 Å². The number of para-hydroxylation sites is 2. The Morgan fingerprint density at radius 3 is 1.24 bits per heavy atom. The summed E-state index contributed by atoms with van der Waals surface area (Å²) in [5.41, 5.74) is 7.21. The summed E-state index contributed by atoms with van der Waals surface area (Å²) >= 11 is 0. The minimum atomic E-state index is -1.85. The number of nitrogens with zero attached hydrogens (tertiary/aromatic N) is 2. The molecule has 2 heterocycles. The van der Waals surface area contributed by atoms with Gasteiger partial charge in [-0.2, -0.15) is 0 Å². The van der Waals surface area contributed by atoms with Crippen LogP contribution in [-0.4, -0.2) is 27.9 Å². The van der Waals surface area contributed by atoms with Gasteiger partial charge < -0.3 is 9.13 Å². The lowest BCUT2D eigenvalue weighted by atomic mass is 10.1. The van der Waals surface area contributed by atoms with Crippen LogP contribution in [0.5, 0.6) is 0 Å². The minimum Gasteiger partial charge on any atom is -0.309 e. The predicted molar refractivity (Wildman–Crippen MR) is 239 cm³/mol. The van der Waals surface area contributed by atoms with E-state index in [4.69, 9.17) is 0 Å². The number of hydrogen-bond donors (Lipinski definition) is 0. The highest BCUT2D eigenvalue weighted by Crippen LogP contribution is 2.73. The van der Waals surface area contributed by atoms with E-state index in [0.717, 1.165) is 5.69 Å². The van der Waals surface area contributed by atoms with Crippen LogP contribution in [0, 0.1) is 0 Å². The number of rotatable bonds is 7. The van der Waals surface area contributed by atoms with Crippen molar-refractivity contribution in [3.63, 3.8) is 0 Å². The first kappa shape index (κ1) is 33.6. The van der Waals surface area contributed by atoms with E-state index in [1.54, 1.807) is 0 Å². The second-order valence-corrected chi connectivity index (χ2v) is 22.2. The third-order valence-electron chi connectivity index (χ3n) is 11.0. The Morgan fingerprint density at radius 1 is 0.291 bits per heavy atom. The van der Waals surface area contributed by atoms with Crippen LogP contribution in [0.25, 0.3) is 55.0 Å². The maximum atomic E-state index is 2.50. The summed E-state index contributed by atoms with van der Waals surface area (Å²) in [4.78, 5) is 6.68. The lowest BCUT2D eigenvalue weighted by molar-refractivity contribution is 1.14. The van der Waals surface area contributed by atoms with Gasteiger partial charge in [-0.1, -0.05) is 97.1 Å². The summed E-state index contributed by atoms with van der Waals surface area (Å²) in [5.74, 6) is 0. The summed E-state index contributed by atoms with van der Waals surface area (Å²) in [6.45, 7) is 0. The van der Waals surface area contributed by atoms with Crippen molar-refractivity contribution in [3.8, 4) is 11.4 Å². The van der Waals surface area contributed by atoms with E-state index in [1.807, 2.05) is 0 Å². The van der Waals surface area contributed by atoms with Crippen LogP contribution in [0.15, 0.2) is 225 Å². The molecular formula is C51H42N2S2. The molecule has 0 aliphatic heterocycles. The summed E-state index contributed by atoms with van der Waals surface area (Å²) < 4.78 is 4.93. The Balaban J connectivity index is 1.26. The Morgan fingerprint density at radius 2 is 0.709 bits per heavy atom. The fraction of sp³-hybridized carbons (Fsp3) is 0.0588. The maximum absolute atomic E-state index is 2.50. The molecule has 8 aromatic carbocycles. The van der Waals surface area contributed by atoms with E-state index in [0.29, 0.717) is 0 Å². The molecule has 0 radical (unpaired) electrons. The van der Waals surface area contributed by atoms with Crippen molar-refractivity contribution in [1.29, 1.82) is 0 Å². The van der Waals surface area contributed by atoms with E-state index in [-0.39, 0.29) is 0 Å². The van der Waals surface area contributed by atoms with Gasteiger partial charge in [-0.15, -0.1) is 10.0 Å². The first-order valence-electron chi connectivity index (χ1n) is 18.8. The zero-order valence-electron chi connectivity index (χ0n) is 31.3. The zero-order valence-corrected chi connectivity index (χ0v) is 32.9. The molecule has 0 saturated heterocycles. The highest BCUT2D eigenvalue weighted by molar-refractivity contribution is 8.34. The fourth-order valence-corrected chi connectivity index (χ4v) is 13.3. The van der Waals surface area contributed by atoms with Crippen LogP contribution < -0.4 is 0 Å². The number of fused-ring (bicyclic) bond motifs is 6. The largest absolute Gasteiger partial charge is 0.309 e. The first-order chi connectivity index (χ1) is 26.9. The molecule has 0 aliphatic rings. The average molecular weight is 747 g/mol. The molecule has 4 heteroatoms. The molecule has 55 heavy (non-hydrogen) atoms. The second kappa shape index (κ2) is 13.1. The molecule has 0 saturated carbocycles. The molecule has 10 rings (SSSR count). The lowest BCUT2D eigenvalue weighted by Gasteiger charge is -2.42. The highest BCUT2D eigenvalue weighted by Gasteiger charge is 2.33. The van der Waals surface area contributed by atoms with Crippen molar-refractivity contribution in [1.82, 2.24) is 9.13 Å². The van der Waals surface area contributed by atoms with Gasteiger partial charge in [-0.3, -0.25) is 0 Å². The molecule has 0 N–H and O–H groups in total. The third kappa shape index (κ3) is 5.35. The van der Waals surface area contributed by atoms with Crippen molar-refractivity contribution in [2.24, 2.45) is 0 Å². The summed E-state index contributed by atoms with van der Waals surface area (Å²) in [6, 6.07) is 74.6. The molecular weight excluding hydrogens is 705 g/mol. The van der Waals surface area contributed by atoms with Crippen LogP contribution in [-0.2, 0) is 0 Å². The van der Waals surface area contributed by atoms with E-state index in [2.05, 4.69) is 228 Å². The Labute approximate surface area is 325 Å². The highest BCUT2D eigenvalue weighted by atomic mass is 32.3. The SMILES string of the molecule is CS(C)(C)c1ccc2c(c1)c1cc(-n3c4ccccc4c4ccccc43)ccc1n2-c1cccc(S(c2ccccc2)(c2ccccc2)c2ccccc2)c1. The van der Waals surface area contributed by atoms with E-state index < -0.39 is 20.1 Å². The third-order valence-corrected chi connectivity index (χ3v) is 16.6.